The van der Waals surface area contributed by atoms with Gasteiger partial charge in [0.1, 0.15) is 5.52 Å². The van der Waals surface area contributed by atoms with Gasteiger partial charge in [-0.15, -0.1) is 5.10 Å². The van der Waals surface area contributed by atoms with Gasteiger partial charge < -0.3 is 0 Å². The number of nitrogens with zero attached hydrogens (tertiary/aromatic N) is 4. The number of fused-ring (bicyclic) bond motifs is 1. The Morgan fingerprint density at radius 3 is 2.78 bits per heavy atom. The van der Waals surface area contributed by atoms with E-state index in [1.807, 2.05) is 43.3 Å². The van der Waals surface area contributed by atoms with Crippen molar-refractivity contribution in [3.8, 4) is 5.69 Å². The molecule has 0 radical (unpaired) electrons. The van der Waals surface area contributed by atoms with E-state index in [0.717, 1.165) is 23.2 Å². The molecule has 0 fully saturated rings. The van der Waals surface area contributed by atoms with Crippen LogP contribution in [0.5, 0.6) is 0 Å². The Kier molecular flexibility index (Phi) is 4.50. The van der Waals surface area contributed by atoms with Crippen LogP contribution >= 0.6 is 0 Å². The van der Waals surface area contributed by atoms with Gasteiger partial charge in [-0.2, -0.15) is 4.68 Å². The number of hydrogen-bond donors (Lipinski definition) is 0. The highest BCUT2D eigenvalue weighted by molar-refractivity contribution is 5.97. The van der Waals surface area contributed by atoms with Crippen LogP contribution in [0.3, 0.4) is 0 Å². The van der Waals surface area contributed by atoms with E-state index in [1.165, 1.54) is 11.1 Å². The fraction of sp³-hybridized carbons (Fsp3) is 0.182. The second-order valence-corrected chi connectivity index (χ2v) is 6.76. The van der Waals surface area contributed by atoms with Gasteiger partial charge in [-0.1, -0.05) is 47.2 Å². The average molecular weight is 356 g/mol. The maximum Gasteiger partial charge on any atom is 0.183 e. The van der Waals surface area contributed by atoms with Gasteiger partial charge in [0.25, 0.3) is 0 Å². The average Bonchev–Trinajstić information content (AvgIpc) is 3.10. The zero-order chi connectivity index (χ0) is 18.8. The van der Waals surface area contributed by atoms with Crippen molar-refractivity contribution in [1.29, 1.82) is 0 Å². The van der Waals surface area contributed by atoms with E-state index in [1.54, 1.807) is 10.9 Å². The second kappa shape index (κ2) is 7.11. The molecule has 5 nitrogen and oxygen atoms in total. The number of Topliss-reactive ketones (excluding diaryl/α,β-unsaturated/α-hetero) is 1. The predicted octanol–water partition coefficient (Wildman–Crippen LogP) is 4.25. The standard InChI is InChI=1S/C22H20N4O/c1-15-5-3-6-17(13-15)9-11-21(27)18-10-8-16(2)20(14-18)26-22-19(24-25-26)7-4-12-23-22/h3-8,10,12-14H,9,11H2,1-2H3. The molecule has 0 unspecified atom stereocenters. The van der Waals surface area contributed by atoms with Crippen molar-refractivity contribution in [2.24, 2.45) is 0 Å². The number of hydrogen-bond acceptors (Lipinski definition) is 4. The fourth-order valence-corrected chi connectivity index (χ4v) is 3.21. The summed E-state index contributed by atoms with van der Waals surface area (Å²) in [4.78, 5) is 17.1. The van der Waals surface area contributed by atoms with Crippen molar-refractivity contribution in [2.75, 3.05) is 0 Å². The molecule has 0 atom stereocenters. The summed E-state index contributed by atoms with van der Waals surface area (Å²) >= 11 is 0. The third-order valence-electron chi connectivity index (χ3n) is 4.69. The third-order valence-corrected chi connectivity index (χ3v) is 4.69. The van der Waals surface area contributed by atoms with E-state index < -0.39 is 0 Å². The molecular formula is C22H20N4O. The molecule has 27 heavy (non-hydrogen) atoms. The summed E-state index contributed by atoms with van der Waals surface area (Å²) in [6.07, 6.45) is 2.92. The minimum Gasteiger partial charge on any atom is -0.294 e. The summed E-state index contributed by atoms with van der Waals surface area (Å²) < 4.78 is 1.70. The largest absolute Gasteiger partial charge is 0.294 e. The van der Waals surface area contributed by atoms with Crippen LogP contribution in [0.15, 0.2) is 60.8 Å². The zero-order valence-electron chi connectivity index (χ0n) is 15.4. The summed E-state index contributed by atoms with van der Waals surface area (Å²) in [5, 5.41) is 8.38. The number of rotatable bonds is 5. The van der Waals surface area contributed by atoms with Crippen LogP contribution in [0, 0.1) is 13.8 Å². The quantitative estimate of drug-likeness (QED) is 0.502. The van der Waals surface area contributed by atoms with E-state index >= 15 is 0 Å². The van der Waals surface area contributed by atoms with Gasteiger partial charge in [-0.25, -0.2) is 4.98 Å². The molecule has 0 saturated heterocycles. The summed E-state index contributed by atoms with van der Waals surface area (Å²) in [5.74, 6) is 0.120. The van der Waals surface area contributed by atoms with Gasteiger partial charge >= 0.3 is 0 Å². The minimum atomic E-state index is 0.120. The molecule has 0 saturated carbocycles. The van der Waals surface area contributed by atoms with E-state index in [2.05, 4.69) is 40.4 Å². The molecule has 4 aromatic rings. The summed E-state index contributed by atoms with van der Waals surface area (Å²) in [7, 11) is 0. The highest BCUT2D eigenvalue weighted by atomic mass is 16.1. The lowest BCUT2D eigenvalue weighted by Gasteiger charge is -2.09. The zero-order valence-corrected chi connectivity index (χ0v) is 15.4. The Balaban J connectivity index is 1.61. The van der Waals surface area contributed by atoms with E-state index in [9.17, 15) is 4.79 Å². The number of aromatic nitrogens is 4. The number of pyridine rings is 1. The van der Waals surface area contributed by atoms with Gasteiger partial charge in [0.15, 0.2) is 11.4 Å². The predicted molar refractivity (Wildman–Crippen MR) is 105 cm³/mol. The summed E-state index contributed by atoms with van der Waals surface area (Å²) in [6.45, 7) is 4.06. The smallest absolute Gasteiger partial charge is 0.183 e. The monoisotopic (exact) mass is 356 g/mol. The number of benzene rings is 2. The van der Waals surface area contributed by atoms with E-state index in [-0.39, 0.29) is 5.78 Å². The lowest BCUT2D eigenvalue weighted by Crippen LogP contribution is -2.06. The first kappa shape index (κ1) is 17.1. The lowest BCUT2D eigenvalue weighted by atomic mass is 10.00. The molecule has 0 amide bonds. The SMILES string of the molecule is Cc1cccc(CCC(=O)c2ccc(C)c(-n3nnc4cccnc43)c2)c1. The van der Waals surface area contributed by atoms with Gasteiger partial charge in [-0.05, 0) is 49.6 Å². The Labute approximate surface area is 157 Å². The molecule has 0 spiro atoms. The molecular weight excluding hydrogens is 336 g/mol. The Hall–Kier alpha value is -3.34. The highest BCUT2D eigenvalue weighted by Gasteiger charge is 2.13. The lowest BCUT2D eigenvalue weighted by molar-refractivity contribution is 0.0983. The minimum absolute atomic E-state index is 0.120. The van der Waals surface area contributed by atoms with Gasteiger partial charge in [0.2, 0.25) is 0 Å². The van der Waals surface area contributed by atoms with Crippen molar-refractivity contribution in [3.05, 3.63) is 83.0 Å². The highest BCUT2D eigenvalue weighted by Crippen LogP contribution is 2.20. The first-order valence-corrected chi connectivity index (χ1v) is 8.98. The van der Waals surface area contributed by atoms with E-state index in [4.69, 9.17) is 0 Å². The number of aryl methyl sites for hydroxylation is 3. The van der Waals surface area contributed by atoms with E-state index in [0.29, 0.717) is 17.6 Å². The normalized spacial score (nSPS) is 11.0. The van der Waals surface area contributed by atoms with Crippen molar-refractivity contribution < 1.29 is 4.79 Å². The molecule has 2 aromatic carbocycles. The van der Waals surface area contributed by atoms with Crippen LogP contribution in [0.1, 0.15) is 33.5 Å². The third kappa shape index (κ3) is 3.49. The fourth-order valence-electron chi connectivity index (χ4n) is 3.21. The van der Waals surface area contributed by atoms with Crippen LogP contribution in [0.2, 0.25) is 0 Å². The van der Waals surface area contributed by atoms with Crippen LogP contribution < -0.4 is 0 Å². The number of ketones is 1. The number of carbonyl (C=O) groups is 1. The van der Waals surface area contributed by atoms with Crippen LogP contribution in [0.4, 0.5) is 0 Å². The van der Waals surface area contributed by atoms with Gasteiger partial charge in [-0.3, -0.25) is 4.79 Å². The molecule has 0 aliphatic carbocycles. The van der Waals surface area contributed by atoms with Crippen molar-refractivity contribution in [1.82, 2.24) is 20.0 Å². The number of carbonyl (C=O) groups excluding carboxylic acids is 1. The molecule has 134 valence electrons. The topological polar surface area (TPSA) is 60.7 Å². The van der Waals surface area contributed by atoms with Crippen LogP contribution in [0.25, 0.3) is 16.9 Å². The first-order valence-electron chi connectivity index (χ1n) is 8.98. The molecule has 0 aliphatic rings. The maximum atomic E-state index is 12.7. The van der Waals surface area contributed by atoms with Crippen molar-refractivity contribution in [2.45, 2.75) is 26.7 Å². The maximum absolute atomic E-state index is 12.7. The van der Waals surface area contributed by atoms with Crippen molar-refractivity contribution in [3.63, 3.8) is 0 Å². The molecule has 4 rings (SSSR count). The Morgan fingerprint density at radius 2 is 1.93 bits per heavy atom. The van der Waals surface area contributed by atoms with Crippen LogP contribution in [-0.4, -0.2) is 25.8 Å². The van der Waals surface area contributed by atoms with Gasteiger partial charge in [0, 0.05) is 18.2 Å². The first-order chi connectivity index (χ1) is 13.1. The molecule has 2 heterocycles. The molecule has 2 aromatic heterocycles. The molecule has 0 bridgehead atoms. The second-order valence-electron chi connectivity index (χ2n) is 6.76. The van der Waals surface area contributed by atoms with Gasteiger partial charge in [0.05, 0.1) is 5.69 Å². The summed E-state index contributed by atoms with van der Waals surface area (Å²) in [5.41, 5.74) is 6.34. The Bertz CT molecular complexity index is 1130. The molecule has 0 aliphatic heterocycles. The molecule has 0 N–H and O–H groups in total. The van der Waals surface area contributed by atoms with Crippen molar-refractivity contribution >= 4 is 16.9 Å². The molecule has 5 heteroatoms. The Morgan fingerprint density at radius 1 is 1.04 bits per heavy atom. The summed E-state index contributed by atoms with van der Waals surface area (Å²) in [6, 6.07) is 17.7. The van der Waals surface area contributed by atoms with Crippen LogP contribution in [-0.2, 0) is 6.42 Å².